The van der Waals surface area contributed by atoms with Gasteiger partial charge in [-0.05, 0) is 25.8 Å². The van der Waals surface area contributed by atoms with Crippen molar-refractivity contribution >= 4 is 20.6 Å². The first-order valence-corrected chi connectivity index (χ1v) is 16.9. The van der Waals surface area contributed by atoms with Crippen molar-refractivity contribution in [2.75, 3.05) is 19.8 Å². The Kier molecular flexibility index (Phi) is 30.6. The summed E-state index contributed by atoms with van der Waals surface area (Å²) in [5.74, 6) is -0.618. The molecule has 0 saturated heterocycles. The van der Waals surface area contributed by atoms with E-state index in [2.05, 4.69) is 6.92 Å². The molecule has 0 saturated carbocycles. The molecule has 0 bridgehead atoms. The molecule has 0 aliphatic heterocycles. The van der Waals surface area contributed by atoms with Crippen LogP contribution in [0.25, 0.3) is 0 Å². The zero-order valence-corrected chi connectivity index (χ0v) is 26.0. The highest BCUT2D eigenvalue weighted by Crippen LogP contribution is 2.14. The monoisotopic (exact) mass is 573 g/mol. The van der Waals surface area contributed by atoms with Gasteiger partial charge in [-0.3, -0.25) is 14.1 Å². The highest BCUT2D eigenvalue weighted by Gasteiger charge is 2.17. The summed E-state index contributed by atoms with van der Waals surface area (Å²) < 4.78 is 26.3. The largest absolute Gasteiger partial charge is 0.462 e. The lowest BCUT2D eigenvalue weighted by Crippen LogP contribution is -2.28. The first-order valence-electron chi connectivity index (χ1n) is 16.1. The molecule has 0 spiro atoms. The summed E-state index contributed by atoms with van der Waals surface area (Å²) in [6, 6.07) is 0. The van der Waals surface area contributed by atoms with E-state index in [9.17, 15) is 14.2 Å². The molecule has 0 aliphatic carbocycles. The topological polar surface area (TPSA) is 105 Å². The number of nitrogens with two attached hydrogens (primary N) is 1. The Hall–Kier alpha value is -1.04. The van der Waals surface area contributed by atoms with Gasteiger partial charge in [-0.2, -0.15) is 0 Å². The molecule has 0 heterocycles. The minimum atomic E-state index is -0.731. The van der Waals surface area contributed by atoms with Gasteiger partial charge < -0.3 is 15.2 Å². The Morgan fingerprint density at radius 1 is 0.590 bits per heavy atom. The van der Waals surface area contributed by atoms with Crippen LogP contribution >= 0.6 is 8.69 Å². The van der Waals surface area contributed by atoms with E-state index in [0.717, 1.165) is 51.5 Å². The van der Waals surface area contributed by atoms with Crippen LogP contribution in [-0.2, 0) is 28.2 Å². The van der Waals surface area contributed by atoms with Crippen molar-refractivity contribution in [2.45, 2.75) is 167 Å². The maximum Gasteiger partial charge on any atom is 0.327 e. The SMILES string of the molecule is CCCCCCCCCCCCCC(=O)O[C@@H](COP=O)COC(=O)CCCCCCCCCCCCCN. The molecule has 2 N–H and O–H groups in total. The summed E-state index contributed by atoms with van der Waals surface area (Å²) in [7, 11) is -0.485. The van der Waals surface area contributed by atoms with Gasteiger partial charge in [0.05, 0.1) is 0 Å². The van der Waals surface area contributed by atoms with Gasteiger partial charge in [0, 0.05) is 12.8 Å². The second-order valence-corrected chi connectivity index (χ2v) is 11.3. The zero-order chi connectivity index (χ0) is 28.7. The van der Waals surface area contributed by atoms with Crippen LogP contribution in [0.3, 0.4) is 0 Å². The minimum absolute atomic E-state index is 0.0602. The van der Waals surface area contributed by atoms with Gasteiger partial charge in [-0.1, -0.05) is 129 Å². The van der Waals surface area contributed by atoms with Crippen LogP contribution in [0.4, 0.5) is 0 Å². The predicted molar refractivity (Wildman–Crippen MR) is 160 cm³/mol. The van der Waals surface area contributed by atoms with Gasteiger partial charge in [-0.15, -0.1) is 0 Å². The number of hydrogen-bond donors (Lipinski definition) is 1. The summed E-state index contributed by atoms with van der Waals surface area (Å²) in [6.07, 6.45) is 26.4. The predicted octanol–water partition coefficient (Wildman–Crippen LogP) is 9.01. The van der Waals surface area contributed by atoms with Crippen molar-refractivity contribution in [3.63, 3.8) is 0 Å². The average Bonchev–Trinajstić information content (AvgIpc) is 2.93. The Labute approximate surface area is 241 Å². The smallest absolute Gasteiger partial charge is 0.327 e. The number of unbranched alkanes of at least 4 members (excludes halogenated alkanes) is 20. The molecule has 39 heavy (non-hydrogen) atoms. The third-order valence-corrected chi connectivity index (χ3v) is 7.37. The van der Waals surface area contributed by atoms with Crippen molar-refractivity contribution in [3.05, 3.63) is 0 Å². The highest BCUT2D eigenvalue weighted by molar-refractivity contribution is 7.17. The van der Waals surface area contributed by atoms with E-state index < -0.39 is 14.8 Å². The van der Waals surface area contributed by atoms with Crippen LogP contribution in [0.5, 0.6) is 0 Å². The standard InChI is InChI=1S/C31H60NO6P/c1-2-3-4-5-6-7-9-13-16-19-22-25-31(34)38-29(28-37-39-35)27-36-30(33)24-21-18-15-12-10-8-11-14-17-20-23-26-32/h29H,2-28,32H2,1H3/t29-/m1/s1. The summed E-state index contributed by atoms with van der Waals surface area (Å²) in [6.45, 7) is 2.92. The third-order valence-electron chi connectivity index (χ3n) is 7.11. The summed E-state index contributed by atoms with van der Waals surface area (Å²) in [4.78, 5) is 24.3. The molecule has 0 unspecified atom stereocenters. The molecule has 230 valence electrons. The third kappa shape index (κ3) is 29.8. The fourth-order valence-corrected chi connectivity index (χ4v) is 4.90. The van der Waals surface area contributed by atoms with Crippen LogP contribution in [0.2, 0.25) is 0 Å². The second kappa shape index (κ2) is 31.5. The molecule has 0 radical (unpaired) electrons. The first-order chi connectivity index (χ1) is 19.1. The normalized spacial score (nSPS) is 12.1. The second-order valence-electron chi connectivity index (χ2n) is 10.9. The molecule has 8 heteroatoms. The van der Waals surface area contributed by atoms with Gasteiger partial charge in [0.1, 0.15) is 13.2 Å². The molecule has 0 aromatic heterocycles. The van der Waals surface area contributed by atoms with E-state index in [0.29, 0.717) is 12.8 Å². The molecule has 0 rings (SSSR count). The highest BCUT2D eigenvalue weighted by atomic mass is 31.1. The van der Waals surface area contributed by atoms with E-state index in [4.69, 9.17) is 19.7 Å². The van der Waals surface area contributed by atoms with Gasteiger partial charge in [0.2, 0.25) is 0 Å². The lowest BCUT2D eigenvalue weighted by atomic mass is 10.1. The Balaban J connectivity index is 3.77. The van der Waals surface area contributed by atoms with Gasteiger partial charge in [0.25, 0.3) is 0 Å². The number of carbonyl (C=O) groups is 2. The first kappa shape index (κ1) is 38.0. The maximum atomic E-state index is 12.2. The lowest BCUT2D eigenvalue weighted by Gasteiger charge is -2.16. The fourth-order valence-electron chi connectivity index (χ4n) is 4.67. The van der Waals surface area contributed by atoms with E-state index in [1.807, 2.05) is 0 Å². The molecular weight excluding hydrogens is 513 g/mol. The Morgan fingerprint density at radius 2 is 1.00 bits per heavy atom. The van der Waals surface area contributed by atoms with Crippen molar-refractivity contribution in [1.82, 2.24) is 0 Å². The summed E-state index contributed by atoms with van der Waals surface area (Å²) >= 11 is 0. The van der Waals surface area contributed by atoms with Gasteiger partial charge in [0.15, 0.2) is 6.10 Å². The summed E-state index contributed by atoms with van der Waals surface area (Å²) in [5, 5.41) is 0. The van der Waals surface area contributed by atoms with Crippen LogP contribution in [0.1, 0.15) is 161 Å². The molecule has 7 nitrogen and oxygen atoms in total. The van der Waals surface area contributed by atoms with E-state index >= 15 is 0 Å². The van der Waals surface area contributed by atoms with Crippen LogP contribution in [-0.4, -0.2) is 37.8 Å². The molecule has 1 atom stereocenters. The fraction of sp³-hybridized carbons (Fsp3) is 0.935. The number of ether oxygens (including phenoxy) is 2. The molecule has 0 aromatic carbocycles. The van der Waals surface area contributed by atoms with Gasteiger partial charge >= 0.3 is 20.6 Å². The average molecular weight is 574 g/mol. The Morgan fingerprint density at radius 3 is 1.44 bits per heavy atom. The quantitative estimate of drug-likeness (QED) is 0.0501. The van der Waals surface area contributed by atoms with Crippen molar-refractivity contribution in [3.8, 4) is 0 Å². The van der Waals surface area contributed by atoms with Crippen LogP contribution < -0.4 is 5.73 Å². The van der Waals surface area contributed by atoms with E-state index in [1.54, 1.807) is 0 Å². The molecule has 0 amide bonds. The molecule has 0 fully saturated rings. The van der Waals surface area contributed by atoms with E-state index in [-0.39, 0.29) is 25.2 Å². The van der Waals surface area contributed by atoms with E-state index in [1.165, 1.54) is 96.3 Å². The molecular formula is C31H60NO6P. The van der Waals surface area contributed by atoms with Crippen LogP contribution in [0, 0.1) is 0 Å². The lowest BCUT2D eigenvalue weighted by molar-refractivity contribution is -0.160. The van der Waals surface area contributed by atoms with Crippen LogP contribution in [0.15, 0.2) is 0 Å². The van der Waals surface area contributed by atoms with Gasteiger partial charge in [-0.25, -0.2) is 4.57 Å². The number of rotatable bonds is 31. The van der Waals surface area contributed by atoms with Crippen molar-refractivity contribution in [2.24, 2.45) is 5.73 Å². The molecule has 0 aliphatic rings. The minimum Gasteiger partial charge on any atom is -0.462 e. The van der Waals surface area contributed by atoms with Crippen molar-refractivity contribution < 1.29 is 28.2 Å². The number of esters is 2. The Bertz CT molecular complexity index is 563. The zero-order valence-electron chi connectivity index (χ0n) is 25.1. The van der Waals surface area contributed by atoms with Crippen molar-refractivity contribution in [1.29, 1.82) is 0 Å². The molecule has 0 aromatic rings. The summed E-state index contributed by atoms with van der Waals surface area (Å²) in [5.41, 5.74) is 5.51. The number of hydrogen-bond acceptors (Lipinski definition) is 7. The number of carbonyl (C=O) groups excluding carboxylic acids is 2. The maximum absolute atomic E-state index is 12.2.